The van der Waals surface area contributed by atoms with Crippen LogP contribution in [0.4, 0.5) is 5.82 Å². The number of nitrogens with zero attached hydrogens (tertiary/aromatic N) is 4. The molecule has 144 valence electrons. The van der Waals surface area contributed by atoms with Crippen molar-refractivity contribution >= 4 is 17.6 Å². The smallest absolute Gasteiger partial charge is 0.236 e. The third kappa shape index (κ3) is 5.52. The number of hydrogen-bond acceptors (Lipinski definition) is 7. The molecule has 2 aliphatic heterocycles. The molecule has 0 bridgehead atoms. The fourth-order valence-corrected chi connectivity index (χ4v) is 3.16. The molecule has 2 aliphatic rings. The highest BCUT2D eigenvalue weighted by Gasteiger charge is 2.23. The summed E-state index contributed by atoms with van der Waals surface area (Å²) in [5, 5.41) is 6.48. The van der Waals surface area contributed by atoms with E-state index in [1.54, 1.807) is 13.0 Å². The zero-order chi connectivity index (χ0) is 18.4. The van der Waals surface area contributed by atoms with E-state index in [0.29, 0.717) is 57.4 Å². The lowest BCUT2D eigenvalue weighted by Gasteiger charge is -2.36. The highest BCUT2D eigenvalue weighted by molar-refractivity contribution is 5.89. The number of ether oxygens (including phenoxy) is 1. The normalized spacial score (nSPS) is 19.5. The van der Waals surface area contributed by atoms with Gasteiger partial charge in [-0.05, 0) is 6.92 Å². The lowest BCUT2D eigenvalue weighted by molar-refractivity contribution is -0.135. The maximum absolute atomic E-state index is 12.4. The van der Waals surface area contributed by atoms with Crippen molar-refractivity contribution in [3.8, 4) is 0 Å². The minimum atomic E-state index is -0.0795. The van der Waals surface area contributed by atoms with Gasteiger partial charge in [0.05, 0.1) is 19.8 Å². The summed E-state index contributed by atoms with van der Waals surface area (Å²) in [6.45, 7) is 9.02. The molecule has 9 nitrogen and oxygen atoms in total. The lowest BCUT2D eigenvalue weighted by atomic mass is 10.2. The number of anilines is 1. The first-order chi connectivity index (χ1) is 12.6. The number of carbonyl (C=O) groups excluding carboxylic acids is 2. The van der Waals surface area contributed by atoms with Gasteiger partial charge in [0, 0.05) is 58.3 Å². The predicted octanol–water partition coefficient (Wildman–Crippen LogP) is -0.212. The van der Waals surface area contributed by atoms with Crippen molar-refractivity contribution in [3.05, 3.63) is 11.8 Å². The molecule has 0 aliphatic carbocycles. The number of rotatable bonds is 6. The molecule has 0 unspecified atom stereocenters. The average Bonchev–Trinajstić information content (AvgIpc) is 3.06. The molecule has 2 saturated heterocycles. The SMILES string of the molecule is Cc1cc(NC(=O)CCN2CCN(C(=O)CN3CCOCC3)CC2)no1. The van der Waals surface area contributed by atoms with E-state index in [4.69, 9.17) is 9.26 Å². The van der Waals surface area contributed by atoms with Crippen LogP contribution in [0.25, 0.3) is 0 Å². The number of aromatic nitrogens is 1. The van der Waals surface area contributed by atoms with E-state index in [0.717, 1.165) is 26.2 Å². The largest absolute Gasteiger partial charge is 0.379 e. The first-order valence-corrected chi connectivity index (χ1v) is 9.13. The van der Waals surface area contributed by atoms with Crippen molar-refractivity contribution in [3.63, 3.8) is 0 Å². The Kier molecular flexibility index (Phi) is 6.59. The molecule has 1 N–H and O–H groups in total. The molecule has 3 heterocycles. The Hall–Kier alpha value is -1.97. The quantitative estimate of drug-likeness (QED) is 0.746. The monoisotopic (exact) mass is 365 g/mol. The zero-order valence-corrected chi connectivity index (χ0v) is 15.3. The van der Waals surface area contributed by atoms with Crippen molar-refractivity contribution < 1.29 is 18.8 Å². The zero-order valence-electron chi connectivity index (χ0n) is 15.3. The Morgan fingerprint density at radius 1 is 1.12 bits per heavy atom. The highest BCUT2D eigenvalue weighted by atomic mass is 16.5. The summed E-state index contributed by atoms with van der Waals surface area (Å²) in [7, 11) is 0. The number of nitrogens with one attached hydrogen (secondary N) is 1. The van der Waals surface area contributed by atoms with Crippen molar-refractivity contribution in [1.82, 2.24) is 19.9 Å². The third-order valence-corrected chi connectivity index (χ3v) is 4.74. The second-order valence-electron chi connectivity index (χ2n) is 6.73. The molecule has 0 aromatic carbocycles. The van der Waals surface area contributed by atoms with Crippen molar-refractivity contribution in [1.29, 1.82) is 0 Å². The van der Waals surface area contributed by atoms with Crippen LogP contribution in [0.2, 0.25) is 0 Å². The molecule has 0 saturated carbocycles. The fourth-order valence-electron chi connectivity index (χ4n) is 3.16. The molecule has 26 heavy (non-hydrogen) atoms. The van der Waals surface area contributed by atoms with Gasteiger partial charge in [-0.3, -0.25) is 19.4 Å². The Labute approximate surface area is 153 Å². The van der Waals surface area contributed by atoms with Gasteiger partial charge in [-0.1, -0.05) is 5.16 Å². The van der Waals surface area contributed by atoms with Crippen LogP contribution >= 0.6 is 0 Å². The van der Waals surface area contributed by atoms with Gasteiger partial charge in [0.2, 0.25) is 11.8 Å². The first-order valence-electron chi connectivity index (χ1n) is 9.13. The number of carbonyl (C=O) groups is 2. The molecule has 1 aromatic heterocycles. The summed E-state index contributed by atoms with van der Waals surface area (Å²) in [6, 6.07) is 1.69. The minimum absolute atomic E-state index is 0.0795. The van der Waals surface area contributed by atoms with Gasteiger partial charge in [0.15, 0.2) is 5.82 Å². The molecule has 0 atom stereocenters. The minimum Gasteiger partial charge on any atom is -0.379 e. The predicted molar refractivity (Wildman–Crippen MR) is 94.8 cm³/mol. The van der Waals surface area contributed by atoms with Crippen LogP contribution in [-0.2, 0) is 14.3 Å². The van der Waals surface area contributed by atoms with Gasteiger partial charge in [-0.2, -0.15) is 0 Å². The maximum Gasteiger partial charge on any atom is 0.236 e. The van der Waals surface area contributed by atoms with Gasteiger partial charge in [0.1, 0.15) is 5.76 Å². The van der Waals surface area contributed by atoms with E-state index in [1.165, 1.54) is 0 Å². The maximum atomic E-state index is 12.4. The number of hydrogen-bond donors (Lipinski definition) is 1. The van der Waals surface area contributed by atoms with Crippen LogP contribution in [0.3, 0.4) is 0 Å². The second kappa shape index (κ2) is 9.11. The van der Waals surface area contributed by atoms with Crippen molar-refractivity contribution in [2.24, 2.45) is 0 Å². The molecule has 9 heteroatoms. The van der Waals surface area contributed by atoms with Crippen molar-refractivity contribution in [2.75, 3.05) is 70.9 Å². The summed E-state index contributed by atoms with van der Waals surface area (Å²) >= 11 is 0. The summed E-state index contributed by atoms with van der Waals surface area (Å²) in [6.07, 6.45) is 0.396. The van der Waals surface area contributed by atoms with Gasteiger partial charge in [0.25, 0.3) is 0 Å². The summed E-state index contributed by atoms with van der Waals surface area (Å²) in [4.78, 5) is 30.6. The molecule has 1 aromatic rings. The van der Waals surface area contributed by atoms with E-state index in [9.17, 15) is 9.59 Å². The summed E-state index contributed by atoms with van der Waals surface area (Å²) < 4.78 is 10.2. The third-order valence-electron chi connectivity index (χ3n) is 4.74. The molecular formula is C17H27N5O4. The van der Waals surface area contributed by atoms with E-state index in [2.05, 4.69) is 20.3 Å². The van der Waals surface area contributed by atoms with Gasteiger partial charge < -0.3 is 19.5 Å². The number of amides is 2. The van der Waals surface area contributed by atoms with E-state index >= 15 is 0 Å². The standard InChI is InChI=1S/C17H27N5O4/c1-14-12-15(19-26-14)18-16(23)2-3-20-4-6-22(7-5-20)17(24)13-21-8-10-25-11-9-21/h12H,2-11,13H2,1H3,(H,18,19,23). The Morgan fingerprint density at radius 2 is 1.85 bits per heavy atom. The number of morpholine rings is 1. The molecule has 2 amide bonds. The lowest BCUT2D eigenvalue weighted by Crippen LogP contribution is -2.52. The Bertz CT molecular complexity index is 606. The van der Waals surface area contributed by atoms with Crippen LogP contribution in [0.1, 0.15) is 12.2 Å². The number of aryl methyl sites for hydroxylation is 1. The van der Waals surface area contributed by atoms with Crippen LogP contribution in [0, 0.1) is 6.92 Å². The van der Waals surface area contributed by atoms with Gasteiger partial charge in [-0.15, -0.1) is 0 Å². The average molecular weight is 365 g/mol. The van der Waals surface area contributed by atoms with E-state index in [-0.39, 0.29) is 11.8 Å². The van der Waals surface area contributed by atoms with Crippen LogP contribution in [-0.4, -0.2) is 97.2 Å². The Morgan fingerprint density at radius 3 is 2.50 bits per heavy atom. The molecule has 0 radical (unpaired) electrons. The number of piperazine rings is 1. The summed E-state index contributed by atoms with van der Waals surface area (Å²) in [5.74, 6) is 1.22. The highest BCUT2D eigenvalue weighted by Crippen LogP contribution is 2.09. The van der Waals surface area contributed by atoms with Crippen LogP contribution in [0.15, 0.2) is 10.6 Å². The fraction of sp³-hybridized carbons (Fsp3) is 0.706. The van der Waals surface area contributed by atoms with Crippen LogP contribution in [0.5, 0.6) is 0 Å². The second-order valence-corrected chi connectivity index (χ2v) is 6.73. The first kappa shape index (κ1) is 18.8. The molecular weight excluding hydrogens is 338 g/mol. The molecule has 2 fully saturated rings. The van der Waals surface area contributed by atoms with E-state index in [1.807, 2.05) is 4.90 Å². The van der Waals surface area contributed by atoms with Gasteiger partial charge in [-0.25, -0.2) is 0 Å². The summed E-state index contributed by atoms with van der Waals surface area (Å²) in [5.41, 5.74) is 0. The topological polar surface area (TPSA) is 91.2 Å². The van der Waals surface area contributed by atoms with Crippen molar-refractivity contribution in [2.45, 2.75) is 13.3 Å². The van der Waals surface area contributed by atoms with Crippen LogP contribution < -0.4 is 5.32 Å². The van der Waals surface area contributed by atoms with E-state index < -0.39 is 0 Å². The molecule has 0 spiro atoms. The molecule has 3 rings (SSSR count). The van der Waals surface area contributed by atoms with Gasteiger partial charge >= 0.3 is 0 Å². The Balaban J connectivity index is 1.33.